The minimum absolute atomic E-state index is 0.00616. The highest BCUT2D eigenvalue weighted by Gasteiger charge is 2.27. The number of ether oxygens (including phenoxy) is 1. The van der Waals surface area contributed by atoms with Crippen molar-refractivity contribution in [3.63, 3.8) is 0 Å². The van der Waals surface area contributed by atoms with Crippen LogP contribution in [0.3, 0.4) is 0 Å². The first-order chi connectivity index (χ1) is 12.0. The van der Waals surface area contributed by atoms with E-state index in [0.717, 1.165) is 16.9 Å². The molecular weight excluding hydrogens is 320 g/mol. The Hall–Kier alpha value is -2.76. The molecule has 0 radical (unpaired) electrons. The highest BCUT2D eigenvalue weighted by molar-refractivity contribution is 5.96. The molecule has 132 valence electrons. The number of rotatable bonds is 3. The average molecular weight is 342 g/mol. The molecule has 1 aliphatic rings. The SMILES string of the molecule is COc1cc(C)c(C(=O)N2CCN(C(=O)c3ccco3)CC2)cc1C. The van der Waals surface area contributed by atoms with Crippen molar-refractivity contribution in [1.29, 1.82) is 0 Å². The monoisotopic (exact) mass is 342 g/mol. The maximum atomic E-state index is 12.8. The van der Waals surface area contributed by atoms with E-state index in [1.54, 1.807) is 29.0 Å². The van der Waals surface area contributed by atoms with Crippen LogP contribution in [0, 0.1) is 13.8 Å². The van der Waals surface area contributed by atoms with Crippen LogP contribution in [0.2, 0.25) is 0 Å². The molecule has 2 aromatic rings. The van der Waals surface area contributed by atoms with Gasteiger partial charge in [0.25, 0.3) is 11.8 Å². The summed E-state index contributed by atoms with van der Waals surface area (Å²) in [7, 11) is 1.62. The van der Waals surface area contributed by atoms with Gasteiger partial charge in [0, 0.05) is 31.7 Å². The minimum atomic E-state index is -0.131. The molecule has 0 atom stereocenters. The largest absolute Gasteiger partial charge is 0.496 e. The van der Waals surface area contributed by atoms with Crippen LogP contribution in [0.15, 0.2) is 34.9 Å². The number of carbonyl (C=O) groups excluding carboxylic acids is 2. The lowest BCUT2D eigenvalue weighted by Gasteiger charge is -2.34. The predicted octanol–water partition coefficient (Wildman–Crippen LogP) is 2.50. The number of piperazine rings is 1. The summed E-state index contributed by atoms with van der Waals surface area (Å²) < 4.78 is 10.5. The van der Waals surface area contributed by atoms with Gasteiger partial charge in [-0.2, -0.15) is 0 Å². The zero-order valence-corrected chi connectivity index (χ0v) is 14.7. The fourth-order valence-electron chi connectivity index (χ4n) is 3.08. The normalized spacial score (nSPS) is 14.5. The lowest BCUT2D eigenvalue weighted by Crippen LogP contribution is -2.50. The van der Waals surface area contributed by atoms with Crippen molar-refractivity contribution in [3.05, 3.63) is 53.0 Å². The molecule has 0 aliphatic carbocycles. The van der Waals surface area contributed by atoms with E-state index in [2.05, 4.69) is 0 Å². The quantitative estimate of drug-likeness (QED) is 0.860. The minimum Gasteiger partial charge on any atom is -0.496 e. The van der Waals surface area contributed by atoms with Gasteiger partial charge in [0.2, 0.25) is 0 Å². The Bertz CT molecular complexity index is 775. The number of amides is 2. The van der Waals surface area contributed by atoms with Gasteiger partial charge in [0.1, 0.15) is 5.75 Å². The smallest absolute Gasteiger partial charge is 0.289 e. The number of hydrogen-bond acceptors (Lipinski definition) is 4. The fourth-order valence-corrected chi connectivity index (χ4v) is 3.08. The van der Waals surface area contributed by atoms with E-state index in [-0.39, 0.29) is 11.8 Å². The first-order valence-electron chi connectivity index (χ1n) is 8.28. The number of methoxy groups -OCH3 is 1. The average Bonchev–Trinajstić information content (AvgIpc) is 3.17. The van der Waals surface area contributed by atoms with E-state index < -0.39 is 0 Å². The molecule has 1 aromatic carbocycles. The van der Waals surface area contributed by atoms with Gasteiger partial charge in [-0.1, -0.05) is 0 Å². The summed E-state index contributed by atoms with van der Waals surface area (Å²) in [4.78, 5) is 28.6. The van der Waals surface area contributed by atoms with Crippen LogP contribution in [-0.2, 0) is 0 Å². The summed E-state index contributed by atoms with van der Waals surface area (Å²) >= 11 is 0. The molecule has 0 bridgehead atoms. The van der Waals surface area contributed by atoms with Gasteiger partial charge in [-0.25, -0.2) is 0 Å². The molecule has 2 amide bonds. The molecule has 0 saturated carbocycles. The van der Waals surface area contributed by atoms with Crippen molar-refractivity contribution in [3.8, 4) is 5.75 Å². The highest BCUT2D eigenvalue weighted by Crippen LogP contribution is 2.24. The van der Waals surface area contributed by atoms with Gasteiger partial charge in [-0.15, -0.1) is 0 Å². The lowest BCUT2D eigenvalue weighted by atomic mass is 10.0. The molecule has 6 heteroatoms. The lowest BCUT2D eigenvalue weighted by molar-refractivity contribution is 0.0517. The summed E-state index contributed by atoms with van der Waals surface area (Å²) in [5.74, 6) is 0.978. The number of aryl methyl sites for hydroxylation is 2. The van der Waals surface area contributed by atoms with E-state index in [0.29, 0.717) is 37.5 Å². The molecule has 25 heavy (non-hydrogen) atoms. The fraction of sp³-hybridized carbons (Fsp3) is 0.368. The summed E-state index contributed by atoms with van der Waals surface area (Å²) in [5.41, 5.74) is 2.51. The van der Waals surface area contributed by atoms with Gasteiger partial charge in [-0.05, 0) is 49.2 Å². The first kappa shape index (κ1) is 17.1. The van der Waals surface area contributed by atoms with Crippen molar-refractivity contribution < 1.29 is 18.7 Å². The van der Waals surface area contributed by atoms with Crippen LogP contribution in [0.5, 0.6) is 5.75 Å². The molecule has 0 N–H and O–H groups in total. The predicted molar refractivity (Wildman–Crippen MR) is 93.0 cm³/mol. The van der Waals surface area contributed by atoms with Crippen molar-refractivity contribution in [2.24, 2.45) is 0 Å². The number of furan rings is 1. The third kappa shape index (κ3) is 3.38. The number of carbonyl (C=O) groups is 2. The zero-order chi connectivity index (χ0) is 18.0. The third-order valence-corrected chi connectivity index (χ3v) is 4.56. The van der Waals surface area contributed by atoms with Gasteiger partial charge < -0.3 is 19.0 Å². The Morgan fingerprint density at radius 2 is 1.64 bits per heavy atom. The van der Waals surface area contributed by atoms with Crippen molar-refractivity contribution in [2.75, 3.05) is 33.3 Å². The van der Waals surface area contributed by atoms with E-state index in [9.17, 15) is 9.59 Å². The Labute approximate surface area is 147 Å². The van der Waals surface area contributed by atoms with Gasteiger partial charge >= 0.3 is 0 Å². The molecule has 3 rings (SSSR count). The van der Waals surface area contributed by atoms with Gasteiger partial charge in [0.05, 0.1) is 13.4 Å². The van der Waals surface area contributed by atoms with E-state index in [1.807, 2.05) is 26.0 Å². The summed E-state index contributed by atoms with van der Waals surface area (Å²) in [6.07, 6.45) is 1.49. The molecule has 0 spiro atoms. The van der Waals surface area contributed by atoms with Crippen molar-refractivity contribution in [1.82, 2.24) is 9.80 Å². The molecule has 6 nitrogen and oxygen atoms in total. The number of nitrogens with zero attached hydrogens (tertiary/aromatic N) is 2. The van der Waals surface area contributed by atoms with Crippen LogP contribution < -0.4 is 4.74 Å². The highest BCUT2D eigenvalue weighted by atomic mass is 16.5. The molecule has 1 saturated heterocycles. The van der Waals surface area contributed by atoms with Crippen molar-refractivity contribution in [2.45, 2.75) is 13.8 Å². The summed E-state index contributed by atoms with van der Waals surface area (Å²) in [6, 6.07) is 7.11. The summed E-state index contributed by atoms with van der Waals surface area (Å²) in [6.45, 7) is 5.85. The molecule has 0 unspecified atom stereocenters. The second kappa shape index (κ2) is 7.01. The molecule has 2 heterocycles. The zero-order valence-electron chi connectivity index (χ0n) is 14.7. The maximum absolute atomic E-state index is 12.8. The number of benzene rings is 1. The maximum Gasteiger partial charge on any atom is 0.289 e. The Balaban J connectivity index is 1.68. The van der Waals surface area contributed by atoms with Crippen LogP contribution in [0.1, 0.15) is 32.0 Å². The summed E-state index contributed by atoms with van der Waals surface area (Å²) in [5, 5.41) is 0. The van der Waals surface area contributed by atoms with E-state index >= 15 is 0 Å². The second-order valence-corrected chi connectivity index (χ2v) is 6.20. The third-order valence-electron chi connectivity index (χ3n) is 4.56. The standard InChI is InChI=1S/C19H22N2O4/c1-13-12-17(24-3)14(2)11-15(13)18(22)20-6-8-21(9-7-20)19(23)16-5-4-10-25-16/h4-5,10-12H,6-9H2,1-3H3. The molecule has 1 aliphatic heterocycles. The topological polar surface area (TPSA) is 63.0 Å². The van der Waals surface area contributed by atoms with Crippen LogP contribution in [0.4, 0.5) is 0 Å². The van der Waals surface area contributed by atoms with E-state index in [4.69, 9.17) is 9.15 Å². The van der Waals surface area contributed by atoms with Crippen LogP contribution in [0.25, 0.3) is 0 Å². The van der Waals surface area contributed by atoms with E-state index in [1.165, 1.54) is 6.26 Å². The van der Waals surface area contributed by atoms with Crippen LogP contribution >= 0.6 is 0 Å². The van der Waals surface area contributed by atoms with Gasteiger partial charge in [-0.3, -0.25) is 9.59 Å². The first-order valence-corrected chi connectivity index (χ1v) is 8.28. The Morgan fingerprint density at radius 3 is 2.20 bits per heavy atom. The molecule has 1 fully saturated rings. The molecular formula is C19H22N2O4. The van der Waals surface area contributed by atoms with Crippen molar-refractivity contribution >= 4 is 11.8 Å². The Morgan fingerprint density at radius 1 is 1.00 bits per heavy atom. The molecule has 1 aromatic heterocycles. The van der Waals surface area contributed by atoms with Crippen LogP contribution in [-0.4, -0.2) is 54.9 Å². The number of hydrogen-bond donors (Lipinski definition) is 0. The Kier molecular flexibility index (Phi) is 4.79. The van der Waals surface area contributed by atoms with Gasteiger partial charge in [0.15, 0.2) is 5.76 Å². The second-order valence-electron chi connectivity index (χ2n) is 6.20.